The molecule has 2 N–H and O–H groups in total. The van der Waals surface area contributed by atoms with Gasteiger partial charge in [0.25, 0.3) is 5.91 Å². The number of aromatic nitrogens is 1. The topological polar surface area (TPSA) is 63.5 Å². The molecule has 0 radical (unpaired) electrons. The third-order valence-corrected chi connectivity index (χ3v) is 4.09. The second-order valence-electron chi connectivity index (χ2n) is 5.99. The highest BCUT2D eigenvalue weighted by molar-refractivity contribution is 6.07. The van der Waals surface area contributed by atoms with Crippen LogP contribution in [0, 0.1) is 0 Å². The van der Waals surface area contributed by atoms with E-state index in [1.807, 2.05) is 48.7 Å². The van der Waals surface area contributed by atoms with E-state index >= 15 is 0 Å². The lowest BCUT2D eigenvalue weighted by Gasteiger charge is -2.10. The second kappa shape index (κ2) is 7.96. The van der Waals surface area contributed by atoms with E-state index in [0.717, 1.165) is 10.9 Å². The molecule has 130 valence electrons. The van der Waals surface area contributed by atoms with Crippen LogP contribution < -0.4 is 5.32 Å². The molecule has 2 aromatic carbocycles. The van der Waals surface area contributed by atoms with Crippen molar-refractivity contribution in [2.24, 2.45) is 0 Å². The fourth-order valence-electron chi connectivity index (χ4n) is 2.90. The Morgan fingerprint density at radius 1 is 1.16 bits per heavy atom. The Balaban J connectivity index is 1.85. The van der Waals surface area contributed by atoms with Gasteiger partial charge in [0, 0.05) is 37.3 Å². The molecule has 3 rings (SSSR count). The Morgan fingerprint density at radius 3 is 2.64 bits per heavy atom. The van der Waals surface area contributed by atoms with Gasteiger partial charge in [-0.2, -0.15) is 0 Å². The largest absolute Gasteiger partial charge is 0.389 e. The number of benzene rings is 2. The number of hydrogen-bond donors (Lipinski definition) is 2. The minimum atomic E-state index is -0.716. The molecule has 0 saturated heterocycles. The fraction of sp³-hybridized carbons (Fsp3) is 0.250. The number of amides is 1. The van der Waals surface area contributed by atoms with E-state index in [4.69, 9.17) is 4.74 Å². The van der Waals surface area contributed by atoms with E-state index in [2.05, 4.69) is 22.0 Å². The van der Waals surface area contributed by atoms with E-state index < -0.39 is 6.10 Å². The smallest absolute Gasteiger partial charge is 0.253 e. The molecule has 5 nitrogen and oxygen atoms in total. The molecule has 25 heavy (non-hydrogen) atoms. The molecule has 1 amide bonds. The fourth-order valence-corrected chi connectivity index (χ4v) is 2.90. The van der Waals surface area contributed by atoms with Crippen LogP contribution in [0.4, 0.5) is 0 Å². The summed E-state index contributed by atoms with van der Waals surface area (Å²) in [5.41, 5.74) is 2.79. The highest BCUT2D eigenvalue weighted by Crippen LogP contribution is 2.22. The van der Waals surface area contributed by atoms with Gasteiger partial charge in [0.1, 0.15) is 0 Å². The Labute approximate surface area is 146 Å². The molecule has 1 aromatic heterocycles. The van der Waals surface area contributed by atoms with Crippen molar-refractivity contribution in [2.45, 2.75) is 12.6 Å². The van der Waals surface area contributed by atoms with Crippen LogP contribution in [0.3, 0.4) is 0 Å². The van der Waals surface area contributed by atoms with E-state index in [9.17, 15) is 9.90 Å². The van der Waals surface area contributed by atoms with Gasteiger partial charge in [0.15, 0.2) is 0 Å². The number of fused-ring (bicyclic) bond motifs is 1. The molecule has 0 spiro atoms. The maximum absolute atomic E-state index is 12.6. The van der Waals surface area contributed by atoms with Gasteiger partial charge < -0.3 is 19.7 Å². The molecule has 0 aliphatic rings. The molecule has 0 aliphatic heterocycles. The Bertz CT molecular complexity index is 843. The summed E-state index contributed by atoms with van der Waals surface area (Å²) < 4.78 is 6.95. The van der Waals surface area contributed by atoms with Crippen molar-refractivity contribution in [3.8, 4) is 0 Å². The van der Waals surface area contributed by atoms with E-state index in [-0.39, 0.29) is 19.1 Å². The molecular weight excluding hydrogens is 316 g/mol. The number of ether oxygens (including phenoxy) is 1. The van der Waals surface area contributed by atoms with Crippen molar-refractivity contribution in [2.75, 3.05) is 20.3 Å². The summed E-state index contributed by atoms with van der Waals surface area (Å²) in [5, 5.41) is 13.4. The standard InChI is InChI=1S/C20H22N2O3/c1-25-14-16(23)11-21-20(24)18-13-22(12-15-7-3-2-4-8-15)19-10-6-5-9-17(18)19/h2-10,13,16,23H,11-12,14H2,1H3,(H,21,24). The zero-order valence-electron chi connectivity index (χ0n) is 14.2. The lowest BCUT2D eigenvalue weighted by molar-refractivity contribution is 0.0610. The summed E-state index contributed by atoms with van der Waals surface area (Å²) in [5.74, 6) is -0.196. The van der Waals surface area contributed by atoms with Crippen LogP contribution in [0.5, 0.6) is 0 Å². The summed E-state index contributed by atoms with van der Waals surface area (Å²) in [6.07, 6.45) is 1.15. The van der Waals surface area contributed by atoms with E-state index in [1.54, 1.807) is 0 Å². The normalized spacial score (nSPS) is 12.2. The number of para-hydroxylation sites is 1. The third-order valence-electron chi connectivity index (χ3n) is 4.09. The maximum Gasteiger partial charge on any atom is 0.253 e. The number of carbonyl (C=O) groups is 1. The van der Waals surface area contributed by atoms with Gasteiger partial charge in [-0.3, -0.25) is 4.79 Å². The Morgan fingerprint density at radius 2 is 1.88 bits per heavy atom. The molecule has 0 aliphatic carbocycles. The monoisotopic (exact) mass is 338 g/mol. The summed E-state index contributed by atoms with van der Waals surface area (Å²) in [6, 6.07) is 18.0. The molecule has 1 atom stereocenters. The molecule has 5 heteroatoms. The molecule has 3 aromatic rings. The van der Waals surface area contributed by atoms with Crippen LogP contribution in [0.2, 0.25) is 0 Å². The van der Waals surface area contributed by atoms with Gasteiger partial charge in [-0.05, 0) is 11.6 Å². The lowest BCUT2D eigenvalue weighted by Crippen LogP contribution is -2.34. The number of aliphatic hydroxyl groups excluding tert-OH is 1. The average molecular weight is 338 g/mol. The summed E-state index contributed by atoms with van der Waals surface area (Å²) in [7, 11) is 1.52. The highest BCUT2D eigenvalue weighted by Gasteiger charge is 2.16. The number of hydrogen-bond acceptors (Lipinski definition) is 3. The lowest BCUT2D eigenvalue weighted by atomic mass is 10.1. The van der Waals surface area contributed by atoms with Crippen molar-refractivity contribution in [1.82, 2.24) is 9.88 Å². The van der Waals surface area contributed by atoms with Crippen molar-refractivity contribution >= 4 is 16.8 Å². The number of nitrogens with zero attached hydrogens (tertiary/aromatic N) is 1. The summed E-state index contributed by atoms with van der Waals surface area (Å²) >= 11 is 0. The molecule has 1 heterocycles. The van der Waals surface area contributed by atoms with Crippen molar-refractivity contribution < 1.29 is 14.6 Å². The number of nitrogens with one attached hydrogen (secondary N) is 1. The number of aliphatic hydroxyl groups is 1. The quantitative estimate of drug-likeness (QED) is 0.695. The van der Waals surface area contributed by atoms with Crippen LogP contribution in [0.1, 0.15) is 15.9 Å². The molecule has 0 fully saturated rings. The van der Waals surface area contributed by atoms with Crippen LogP contribution in [-0.2, 0) is 11.3 Å². The SMILES string of the molecule is COCC(O)CNC(=O)c1cn(Cc2ccccc2)c2ccccc12. The second-order valence-corrected chi connectivity index (χ2v) is 5.99. The first-order valence-corrected chi connectivity index (χ1v) is 8.26. The first-order valence-electron chi connectivity index (χ1n) is 8.26. The van der Waals surface area contributed by atoms with Crippen LogP contribution in [-0.4, -0.2) is 41.9 Å². The average Bonchev–Trinajstić information content (AvgIpc) is 3.00. The van der Waals surface area contributed by atoms with Crippen molar-refractivity contribution in [3.63, 3.8) is 0 Å². The van der Waals surface area contributed by atoms with Gasteiger partial charge >= 0.3 is 0 Å². The van der Waals surface area contributed by atoms with Gasteiger partial charge in [-0.25, -0.2) is 0 Å². The summed E-state index contributed by atoms with van der Waals surface area (Å²) in [4.78, 5) is 12.6. The maximum atomic E-state index is 12.6. The zero-order chi connectivity index (χ0) is 17.6. The molecule has 1 unspecified atom stereocenters. The molecule has 0 bridgehead atoms. The predicted molar refractivity (Wildman–Crippen MR) is 97.7 cm³/mol. The highest BCUT2D eigenvalue weighted by atomic mass is 16.5. The Kier molecular flexibility index (Phi) is 5.48. The van der Waals surface area contributed by atoms with Crippen LogP contribution >= 0.6 is 0 Å². The molecule has 0 saturated carbocycles. The minimum Gasteiger partial charge on any atom is -0.389 e. The van der Waals surface area contributed by atoms with E-state index in [1.165, 1.54) is 12.7 Å². The van der Waals surface area contributed by atoms with Crippen molar-refractivity contribution in [3.05, 3.63) is 71.9 Å². The van der Waals surface area contributed by atoms with Crippen LogP contribution in [0.15, 0.2) is 60.8 Å². The van der Waals surface area contributed by atoms with Gasteiger partial charge in [0.05, 0.1) is 18.3 Å². The van der Waals surface area contributed by atoms with Gasteiger partial charge in [0.2, 0.25) is 0 Å². The first-order chi connectivity index (χ1) is 12.2. The third kappa shape index (κ3) is 4.07. The van der Waals surface area contributed by atoms with Gasteiger partial charge in [-0.1, -0.05) is 48.5 Å². The Hall–Kier alpha value is -2.63. The zero-order valence-corrected chi connectivity index (χ0v) is 14.2. The number of rotatable bonds is 7. The van der Waals surface area contributed by atoms with E-state index in [0.29, 0.717) is 12.1 Å². The number of carbonyl (C=O) groups excluding carboxylic acids is 1. The number of methoxy groups -OCH3 is 1. The molecular formula is C20H22N2O3. The van der Waals surface area contributed by atoms with Crippen LogP contribution in [0.25, 0.3) is 10.9 Å². The van der Waals surface area contributed by atoms with Crippen molar-refractivity contribution in [1.29, 1.82) is 0 Å². The predicted octanol–water partition coefficient (Wildman–Crippen LogP) is 2.43. The summed E-state index contributed by atoms with van der Waals surface area (Å²) in [6.45, 7) is 1.04. The minimum absolute atomic E-state index is 0.158. The van der Waals surface area contributed by atoms with Gasteiger partial charge in [-0.15, -0.1) is 0 Å². The first kappa shape index (κ1) is 17.2.